The zero-order valence-corrected chi connectivity index (χ0v) is 15.0. The van der Waals surface area contributed by atoms with E-state index >= 15 is 0 Å². The number of fused-ring (bicyclic) bond motifs is 1. The summed E-state index contributed by atoms with van der Waals surface area (Å²) in [5.41, 5.74) is 1.86. The summed E-state index contributed by atoms with van der Waals surface area (Å²) in [7, 11) is 0. The summed E-state index contributed by atoms with van der Waals surface area (Å²) in [5, 5.41) is 0.390. The lowest BCUT2D eigenvalue weighted by Gasteiger charge is -2.05. The summed E-state index contributed by atoms with van der Waals surface area (Å²) in [6.07, 6.45) is 0. The Kier molecular flexibility index (Phi) is 5.91. The van der Waals surface area contributed by atoms with Crippen LogP contribution in [0.3, 0.4) is 0 Å². The van der Waals surface area contributed by atoms with E-state index in [2.05, 4.69) is 4.98 Å². The lowest BCUT2D eigenvalue weighted by Crippen LogP contribution is -2.15. The van der Waals surface area contributed by atoms with E-state index in [9.17, 15) is 9.59 Å². The zero-order valence-electron chi connectivity index (χ0n) is 14.1. The normalized spacial score (nSPS) is 10.7. The van der Waals surface area contributed by atoms with Crippen LogP contribution in [0.2, 0.25) is 0 Å². The van der Waals surface area contributed by atoms with Crippen molar-refractivity contribution >= 4 is 34.6 Å². The Bertz CT molecular complexity index is 871. The van der Waals surface area contributed by atoms with Crippen molar-refractivity contribution in [1.29, 1.82) is 0 Å². The topological polar surface area (TPSA) is 78.6 Å². The van der Waals surface area contributed by atoms with Crippen LogP contribution in [0.25, 0.3) is 11.1 Å². The molecule has 0 spiro atoms. The van der Waals surface area contributed by atoms with E-state index in [0.29, 0.717) is 28.7 Å². The molecule has 0 aliphatic heterocycles. The van der Waals surface area contributed by atoms with E-state index < -0.39 is 5.97 Å². The van der Waals surface area contributed by atoms with Crippen LogP contribution in [0.1, 0.15) is 17.3 Å². The number of Topliss-reactive ketones (excluding diaryl/α,β-unsaturated/α-hetero) is 1. The Morgan fingerprint density at radius 1 is 1.12 bits per heavy atom. The van der Waals surface area contributed by atoms with Crippen molar-refractivity contribution in [3.63, 3.8) is 0 Å². The van der Waals surface area contributed by atoms with Crippen LogP contribution in [0.15, 0.2) is 58.2 Å². The SMILES string of the molecule is CCOc1ccc(C(=O)COC(=O)CSc2nc3ccccc3o2)cc1. The molecule has 7 heteroatoms. The molecule has 0 N–H and O–H groups in total. The van der Waals surface area contributed by atoms with Gasteiger partial charge in [-0.05, 0) is 43.3 Å². The summed E-state index contributed by atoms with van der Waals surface area (Å²) < 4.78 is 15.9. The highest BCUT2D eigenvalue weighted by molar-refractivity contribution is 7.99. The monoisotopic (exact) mass is 371 g/mol. The minimum Gasteiger partial charge on any atom is -0.494 e. The molecule has 1 aromatic heterocycles. The van der Waals surface area contributed by atoms with Gasteiger partial charge in [-0.3, -0.25) is 9.59 Å². The van der Waals surface area contributed by atoms with Crippen LogP contribution < -0.4 is 4.74 Å². The van der Waals surface area contributed by atoms with Gasteiger partial charge < -0.3 is 13.9 Å². The van der Waals surface area contributed by atoms with Crippen LogP contribution in [-0.4, -0.2) is 35.7 Å². The largest absolute Gasteiger partial charge is 0.494 e. The molecule has 0 saturated heterocycles. The molecule has 0 saturated carbocycles. The first-order valence-electron chi connectivity index (χ1n) is 8.06. The number of ether oxygens (including phenoxy) is 2. The van der Waals surface area contributed by atoms with Crippen LogP contribution in [0.5, 0.6) is 5.75 Å². The van der Waals surface area contributed by atoms with Crippen molar-refractivity contribution in [1.82, 2.24) is 4.98 Å². The van der Waals surface area contributed by atoms with Gasteiger partial charge in [0.25, 0.3) is 5.22 Å². The number of benzene rings is 2. The molecule has 6 nitrogen and oxygen atoms in total. The van der Waals surface area contributed by atoms with Crippen molar-refractivity contribution in [3.8, 4) is 5.75 Å². The number of hydrogen-bond donors (Lipinski definition) is 0. The van der Waals surface area contributed by atoms with Crippen LogP contribution in [0, 0.1) is 0 Å². The Morgan fingerprint density at radius 3 is 2.62 bits per heavy atom. The molecule has 0 aliphatic carbocycles. The average molecular weight is 371 g/mol. The third-order valence-electron chi connectivity index (χ3n) is 3.44. The van der Waals surface area contributed by atoms with Gasteiger partial charge >= 0.3 is 5.97 Å². The van der Waals surface area contributed by atoms with E-state index in [-0.39, 0.29) is 18.1 Å². The number of esters is 1. The van der Waals surface area contributed by atoms with E-state index in [1.807, 2.05) is 25.1 Å². The Balaban J connectivity index is 1.46. The van der Waals surface area contributed by atoms with E-state index in [4.69, 9.17) is 13.9 Å². The number of aromatic nitrogens is 1. The second kappa shape index (κ2) is 8.53. The van der Waals surface area contributed by atoms with Crippen LogP contribution >= 0.6 is 11.8 Å². The fraction of sp³-hybridized carbons (Fsp3) is 0.211. The molecule has 3 aromatic rings. The second-order valence-electron chi connectivity index (χ2n) is 5.28. The summed E-state index contributed by atoms with van der Waals surface area (Å²) in [6.45, 7) is 2.14. The number of ketones is 1. The van der Waals surface area contributed by atoms with Gasteiger partial charge in [0.05, 0.1) is 6.61 Å². The number of carbonyl (C=O) groups is 2. The smallest absolute Gasteiger partial charge is 0.316 e. The molecular weight excluding hydrogens is 354 g/mol. The van der Waals surface area contributed by atoms with E-state index in [1.54, 1.807) is 30.3 Å². The van der Waals surface area contributed by atoms with Gasteiger partial charge in [0.15, 0.2) is 18.0 Å². The quantitative estimate of drug-likeness (QED) is 0.339. The maximum atomic E-state index is 12.1. The maximum Gasteiger partial charge on any atom is 0.316 e. The number of rotatable bonds is 8. The number of hydrogen-bond acceptors (Lipinski definition) is 7. The molecule has 0 aliphatic rings. The van der Waals surface area contributed by atoms with Gasteiger partial charge in [-0.2, -0.15) is 0 Å². The van der Waals surface area contributed by atoms with E-state index in [1.165, 1.54) is 0 Å². The average Bonchev–Trinajstić information content (AvgIpc) is 3.08. The number of carbonyl (C=O) groups excluding carboxylic acids is 2. The molecule has 2 aromatic carbocycles. The minimum atomic E-state index is -0.503. The maximum absolute atomic E-state index is 12.1. The molecule has 1 heterocycles. The first-order chi connectivity index (χ1) is 12.7. The van der Waals surface area contributed by atoms with Crippen molar-refractivity contribution in [2.45, 2.75) is 12.1 Å². The van der Waals surface area contributed by atoms with Gasteiger partial charge in [-0.15, -0.1) is 0 Å². The molecule has 0 bridgehead atoms. The third-order valence-corrected chi connectivity index (χ3v) is 4.24. The highest BCUT2D eigenvalue weighted by atomic mass is 32.2. The summed E-state index contributed by atoms with van der Waals surface area (Å²) in [4.78, 5) is 28.1. The van der Waals surface area contributed by atoms with E-state index in [0.717, 1.165) is 17.3 Å². The molecule has 26 heavy (non-hydrogen) atoms. The van der Waals surface area contributed by atoms with Gasteiger partial charge in [0.2, 0.25) is 0 Å². The predicted molar refractivity (Wildman–Crippen MR) is 97.6 cm³/mol. The molecule has 134 valence electrons. The number of thioether (sulfide) groups is 1. The standard InChI is InChI=1S/C19H17NO5S/c1-2-23-14-9-7-13(8-10-14)16(21)11-24-18(22)12-26-19-20-15-5-3-4-6-17(15)25-19/h3-10H,2,11-12H2,1H3. The van der Waals surface area contributed by atoms with Crippen molar-refractivity contribution in [2.24, 2.45) is 0 Å². The van der Waals surface area contributed by atoms with Gasteiger partial charge in [0.1, 0.15) is 17.0 Å². The lowest BCUT2D eigenvalue weighted by atomic mass is 10.1. The summed E-state index contributed by atoms with van der Waals surface area (Å²) >= 11 is 1.13. The molecule has 0 fully saturated rings. The molecular formula is C19H17NO5S. The predicted octanol–water partition coefficient (Wildman–Crippen LogP) is 3.74. The number of para-hydroxylation sites is 2. The van der Waals surface area contributed by atoms with Crippen LogP contribution in [-0.2, 0) is 9.53 Å². The molecule has 0 radical (unpaired) electrons. The fourth-order valence-corrected chi connectivity index (χ4v) is 2.84. The van der Waals surface area contributed by atoms with Gasteiger partial charge in [-0.1, -0.05) is 23.9 Å². The van der Waals surface area contributed by atoms with Crippen LogP contribution in [0.4, 0.5) is 0 Å². The zero-order chi connectivity index (χ0) is 18.4. The Hall–Kier alpha value is -2.80. The minimum absolute atomic E-state index is 0.0172. The highest BCUT2D eigenvalue weighted by Gasteiger charge is 2.13. The third kappa shape index (κ3) is 4.64. The van der Waals surface area contributed by atoms with Crippen molar-refractivity contribution in [3.05, 3.63) is 54.1 Å². The summed E-state index contributed by atoms with van der Waals surface area (Å²) in [5.74, 6) is -0.0656. The second-order valence-corrected chi connectivity index (χ2v) is 6.20. The fourth-order valence-electron chi connectivity index (χ4n) is 2.21. The number of oxazole rings is 1. The van der Waals surface area contributed by atoms with Crippen molar-refractivity contribution in [2.75, 3.05) is 19.0 Å². The van der Waals surface area contributed by atoms with Gasteiger partial charge in [0, 0.05) is 5.56 Å². The Morgan fingerprint density at radius 2 is 1.88 bits per heavy atom. The molecule has 0 atom stereocenters. The lowest BCUT2D eigenvalue weighted by molar-refractivity contribution is -0.139. The Labute approximate surface area is 154 Å². The first kappa shape index (κ1) is 18.0. The van der Waals surface area contributed by atoms with Crippen molar-refractivity contribution < 1.29 is 23.5 Å². The molecule has 0 unspecified atom stereocenters. The number of nitrogens with zero attached hydrogens (tertiary/aromatic N) is 1. The highest BCUT2D eigenvalue weighted by Crippen LogP contribution is 2.23. The molecule has 3 rings (SSSR count). The summed E-state index contributed by atoms with van der Waals surface area (Å²) in [6, 6.07) is 14.1. The molecule has 0 amide bonds. The first-order valence-corrected chi connectivity index (χ1v) is 9.04. The van der Waals surface area contributed by atoms with Gasteiger partial charge in [-0.25, -0.2) is 4.98 Å².